The summed E-state index contributed by atoms with van der Waals surface area (Å²) in [6.45, 7) is 0. The van der Waals surface area contributed by atoms with Gasteiger partial charge in [-0.15, -0.1) is 0 Å². The number of nitrogens with zero attached hydrogens (tertiary/aromatic N) is 2. The molecule has 0 aliphatic heterocycles. The molecule has 0 N–H and O–H groups in total. The standard InChI is InChI=1S/C75H52N2/c1-7-19-53(20-8-1)57-33-41-65(42-34-57)76(66-43-35-58(36-44-66)54-21-9-2-10-22-54)69-49-61-31-32-62-50-70(52-72-74(62)73(61)71(51-69)75(72,63-27-15-5-16-28-63)64-29-17-6-18-30-64)77(67-45-37-59(38-46-67)55-23-11-3-12-24-55)68-47-39-60(40-48-68)56-25-13-4-14-26-56/h1-52H. The molecule has 14 rings (SSSR count). The molecular weight excluding hydrogens is 929 g/mol. The minimum absolute atomic E-state index is 0.700. The highest BCUT2D eigenvalue weighted by molar-refractivity contribution is 6.18. The van der Waals surface area contributed by atoms with Crippen LogP contribution in [0, 0.1) is 0 Å². The molecule has 1 aliphatic rings. The van der Waals surface area contributed by atoms with Gasteiger partial charge in [0.1, 0.15) is 0 Å². The third-order valence-electron chi connectivity index (χ3n) is 15.7. The van der Waals surface area contributed by atoms with Gasteiger partial charge in [-0.2, -0.15) is 0 Å². The van der Waals surface area contributed by atoms with Gasteiger partial charge in [0.2, 0.25) is 0 Å². The summed E-state index contributed by atoms with van der Waals surface area (Å²) in [5, 5.41) is 4.96. The van der Waals surface area contributed by atoms with E-state index in [1.807, 2.05) is 0 Å². The van der Waals surface area contributed by atoms with E-state index in [0.717, 1.165) is 34.1 Å². The van der Waals surface area contributed by atoms with Crippen LogP contribution in [0.4, 0.5) is 34.1 Å². The summed E-state index contributed by atoms with van der Waals surface area (Å²) in [7, 11) is 0. The van der Waals surface area contributed by atoms with Crippen molar-refractivity contribution in [3.8, 4) is 44.5 Å². The van der Waals surface area contributed by atoms with E-state index in [1.165, 1.54) is 88.3 Å². The lowest BCUT2D eigenvalue weighted by atomic mass is 9.67. The van der Waals surface area contributed by atoms with Gasteiger partial charge in [0.05, 0.1) is 5.41 Å². The number of hydrogen-bond acceptors (Lipinski definition) is 2. The van der Waals surface area contributed by atoms with Crippen LogP contribution in [0.25, 0.3) is 66.1 Å². The Morgan fingerprint density at radius 2 is 0.429 bits per heavy atom. The van der Waals surface area contributed by atoms with Gasteiger partial charge >= 0.3 is 0 Å². The second-order valence-electron chi connectivity index (χ2n) is 20.1. The molecule has 77 heavy (non-hydrogen) atoms. The third kappa shape index (κ3) is 8.07. The molecule has 0 atom stereocenters. The Morgan fingerprint density at radius 3 is 0.688 bits per heavy atom. The van der Waals surface area contributed by atoms with Gasteiger partial charge < -0.3 is 9.80 Å². The van der Waals surface area contributed by atoms with Crippen LogP contribution in [0.5, 0.6) is 0 Å². The van der Waals surface area contributed by atoms with E-state index < -0.39 is 5.41 Å². The van der Waals surface area contributed by atoms with Crippen molar-refractivity contribution in [2.24, 2.45) is 0 Å². The van der Waals surface area contributed by atoms with E-state index in [4.69, 9.17) is 0 Å². The maximum atomic E-state index is 2.50. The van der Waals surface area contributed by atoms with Crippen molar-refractivity contribution in [2.45, 2.75) is 5.41 Å². The first-order valence-corrected chi connectivity index (χ1v) is 26.6. The highest BCUT2D eigenvalue weighted by Gasteiger charge is 2.46. The zero-order chi connectivity index (χ0) is 51.1. The lowest BCUT2D eigenvalue weighted by molar-refractivity contribution is 0.771. The first kappa shape index (κ1) is 45.6. The van der Waals surface area contributed by atoms with Gasteiger partial charge in [-0.05, 0) is 161 Å². The summed E-state index contributed by atoms with van der Waals surface area (Å²) in [6.07, 6.45) is 0. The Labute approximate surface area is 450 Å². The molecule has 0 fully saturated rings. The topological polar surface area (TPSA) is 6.48 Å². The van der Waals surface area contributed by atoms with Gasteiger partial charge in [-0.1, -0.05) is 243 Å². The van der Waals surface area contributed by atoms with Crippen LogP contribution in [0.15, 0.2) is 315 Å². The fraction of sp³-hybridized carbons (Fsp3) is 0.0133. The number of hydrogen-bond donors (Lipinski definition) is 0. The van der Waals surface area contributed by atoms with Crippen LogP contribution < -0.4 is 9.80 Å². The number of benzene rings is 13. The molecule has 0 heterocycles. The predicted molar refractivity (Wildman–Crippen MR) is 324 cm³/mol. The van der Waals surface area contributed by atoms with Crippen molar-refractivity contribution in [3.05, 3.63) is 338 Å². The van der Waals surface area contributed by atoms with Crippen molar-refractivity contribution in [1.82, 2.24) is 0 Å². The summed E-state index contributed by atoms with van der Waals surface area (Å²) < 4.78 is 0. The molecule has 0 saturated heterocycles. The van der Waals surface area contributed by atoms with Crippen molar-refractivity contribution in [2.75, 3.05) is 9.80 Å². The zero-order valence-corrected chi connectivity index (χ0v) is 42.4. The predicted octanol–water partition coefficient (Wildman–Crippen LogP) is 20.3. The minimum Gasteiger partial charge on any atom is -0.310 e. The van der Waals surface area contributed by atoms with Crippen LogP contribution >= 0.6 is 0 Å². The molecule has 2 nitrogen and oxygen atoms in total. The molecule has 0 aromatic heterocycles. The summed E-state index contributed by atoms with van der Waals surface area (Å²) >= 11 is 0. The van der Waals surface area contributed by atoms with Crippen LogP contribution in [0.1, 0.15) is 22.3 Å². The fourth-order valence-electron chi connectivity index (χ4n) is 12.1. The van der Waals surface area contributed by atoms with Crippen LogP contribution in [0.2, 0.25) is 0 Å². The van der Waals surface area contributed by atoms with Crippen molar-refractivity contribution in [1.29, 1.82) is 0 Å². The highest BCUT2D eigenvalue weighted by Crippen LogP contribution is 2.59. The van der Waals surface area contributed by atoms with E-state index in [1.54, 1.807) is 0 Å². The molecule has 0 saturated carbocycles. The molecule has 0 bridgehead atoms. The van der Waals surface area contributed by atoms with Crippen LogP contribution in [0.3, 0.4) is 0 Å². The van der Waals surface area contributed by atoms with Crippen LogP contribution in [-0.2, 0) is 5.41 Å². The van der Waals surface area contributed by atoms with E-state index in [9.17, 15) is 0 Å². The molecule has 1 aliphatic carbocycles. The molecule has 0 unspecified atom stereocenters. The molecule has 2 heteroatoms. The number of rotatable bonds is 12. The summed E-state index contributed by atoms with van der Waals surface area (Å²) in [6, 6.07) is 116. The monoisotopic (exact) mass is 980 g/mol. The maximum absolute atomic E-state index is 2.50. The quantitative estimate of drug-likeness (QED) is 0.113. The molecule has 0 amide bonds. The van der Waals surface area contributed by atoms with Crippen LogP contribution in [-0.4, -0.2) is 0 Å². The maximum Gasteiger partial charge on any atom is 0.0715 e. The van der Waals surface area contributed by atoms with E-state index in [0.29, 0.717) is 0 Å². The first-order chi connectivity index (χ1) is 38.2. The molecule has 0 radical (unpaired) electrons. The van der Waals surface area contributed by atoms with Crippen molar-refractivity contribution in [3.63, 3.8) is 0 Å². The number of anilines is 6. The molecule has 0 spiro atoms. The summed E-state index contributed by atoms with van der Waals surface area (Å²) in [4.78, 5) is 4.89. The zero-order valence-electron chi connectivity index (χ0n) is 42.4. The van der Waals surface area contributed by atoms with Gasteiger partial charge in [-0.3, -0.25) is 0 Å². The highest BCUT2D eigenvalue weighted by atomic mass is 15.1. The first-order valence-electron chi connectivity index (χ1n) is 26.6. The van der Waals surface area contributed by atoms with Gasteiger partial charge in [0.15, 0.2) is 0 Å². The Balaban J connectivity index is 0.995. The SMILES string of the molecule is c1ccc(-c2ccc(N(c3ccc(-c4ccccc4)cc3)c3cc4c5c(ccc6cc(N(c7ccc(-c8ccccc8)cc7)c7ccc(-c8ccccc8)cc7)cc(c65)C4(c4ccccc4)c4ccccc4)c3)cc2)cc1. The molecule has 13 aromatic rings. The Morgan fingerprint density at radius 1 is 0.195 bits per heavy atom. The summed E-state index contributed by atoms with van der Waals surface area (Å²) in [5.41, 5.74) is 20.3. The molecular formula is C75H52N2. The largest absolute Gasteiger partial charge is 0.310 e. The second kappa shape index (κ2) is 19.4. The summed E-state index contributed by atoms with van der Waals surface area (Å²) in [5.74, 6) is 0. The molecule has 362 valence electrons. The van der Waals surface area contributed by atoms with Crippen molar-refractivity contribution < 1.29 is 0 Å². The second-order valence-corrected chi connectivity index (χ2v) is 20.1. The third-order valence-corrected chi connectivity index (χ3v) is 15.7. The lowest BCUT2D eigenvalue weighted by Gasteiger charge is -2.36. The van der Waals surface area contributed by atoms with Crippen molar-refractivity contribution >= 4 is 55.7 Å². The minimum atomic E-state index is -0.700. The van der Waals surface area contributed by atoms with Gasteiger partial charge in [0.25, 0.3) is 0 Å². The Bertz CT molecular complexity index is 3740. The average Bonchev–Trinajstić information content (AvgIpc) is 4.07. The van der Waals surface area contributed by atoms with E-state index in [2.05, 4.69) is 325 Å². The Hall–Kier alpha value is -10.0. The van der Waals surface area contributed by atoms with Gasteiger partial charge in [0, 0.05) is 34.1 Å². The smallest absolute Gasteiger partial charge is 0.0715 e. The average molecular weight is 981 g/mol. The molecule has 13 aromatic carbocycles. The van der Waals surface area contributed by atoms with E-state index in [-0.39, 0.29) is 0 Å². The van der Waals surface area contributed by atoms with E-state index >= 15 is 0 Å². The normalized spacial score (nSPS) is 12.3. The van der Waals surface area contributed by atoms with Gasteiger partial charge in [-0.25, -0.2) is 0 Å². The fourth-order valence-corrected chi connectivity index (χ4v) is 12.1. The Kier molecular flexibility index (Phi) is 11.5. The lowest BCUT2D eigenvalue weighted by Crippen LogP contribution is -2.29.